The number of phenols is 1. The lowest BCUT2D eigenvalue weighted by Gasteiger charge is -2.01. The first kappa shape index (κ1) is 14.3. The molecule has 2 rings (SSSR count). The average Bonchev–Trinajstić information content (AvgIpc) is 2.41. The number of carboxylic acids is 1. The summed E-state index contributed by atoms with van der Waals surface area (Å²) in [4.78, 5) is 10.7. The number of hydrogen-bond acceptors (Lipinski definition) is 4. The first-order valence-electron chi connectivity index (χ1n) is 5.40. The highest BCUT2D eigenvalue weighted by molar-refractivity contribution is 6.36. The molecule has 7 heteroatoms. The highest BCUT2D eigenvalue weighted by atomic mass is 35.5. The van der Waals surface area contributed by atoms with Crippen molar-refractivity contribution in [1.82, 2.24) is 0 Å². The van der Waals surface area contributed by atoms with Gasteiger partial charge in [-0.1, -0.05) is 23.2 Å². The SMILES string of the molecule is O=C(O)c1ccc(N=Nc2cc(Cl)cc(Cl)c2O)cc1. The minimum Gasteiger partial charge on any atom is -0.504 e. The van der Waals surface area contributed by atoms with Crippen molar-refractivity contribution < 1.29 is 15.0 Å². The zero-order valence-corrected chi connectivity index (χ0v) is 11.4. The number of carbonyl (C=O) groups is 1. The molecule has 0 aliphatic carbocycles. The fourth-order valence-corrected chi connectivity index (χ4v) is 1.89. The summed E-state index contributed by atoms with van der Waals surface area (Å²) >= 11 is 11.6. The number of phenolic OH excluding ortho intramolecular Hbond substituents is 1. The van der Waals surface area contributed by atoms with Crippen LogP contribution < -0.4 is 0 Å². The Balaban J connectivity index is 2.27. The smallest absolute Gasteiger partial charge is 0.335 e. The Bertz CT molecular complexity index is 685. The van der Waals surface area contributed by atoms with Gasteiger partial charge in [-0.2, -0.15) is 5.11 Å². The molecule has 0 aliphatic rings. The molecule has 0 bridgehead atoms. The molecule has 0 unspecified atom stereocenters. The molecule has 2 aromatic rings. The van der Waals surface area contributed by atoms with Gasteiger partial charge in [-0.05, 0) is 36.4 Å². The quantitative estimate of drug-likeness (QED) is 0.798. The number of nitrogens with zero attached hydrogens (tertiary/aromatic N) is 2. The van der Waals surface area contributed by atoms with E-state index in [1.165, 1.54) is 36.4 Å². The Labute approximate surface area is 124 Å². The summed E-state index contributed by atoms with van der Waals surface area (Å²) < 4.78 is 0. The van der Waals surface area contributed by atoms with Crippen LogP contribution in [0.1, 0.15) is 10.4 Å². The maximum atomic E-state index is 10.7. The van der Waals surface area contributed by atoms with Crippen LogP contribution in [0.3, 0.4) is 0 Å². The lowest BCUT2D eigenvalue weighted by Crippen LogP contribution is -1.93. The van der Waals surface area contributed by atoms with Crippen LogP contribution in [0.5, 0.6) is 5.75 Å². The van der Waals surface area contributed by atoms with Gasteiger partial charge >= 0.3 is 5.97 Å². The first-order valence-corrected chi connectivity index (χ1v) is 6.16. The minimum absolute atomic E-state index is 0.0766. The van der Waals surface area contributed by atoms with Crippen molar-refractivity contribution in [2.75, 3.05) is 0 Å². The van der Waals surface area contributed by atoms with E-state index >= 15 is 0 Å². The van der Waals surface area contributed by atoms with Gasteiger partial charge in [-0.15, -0.1) is 5.11 Å². The molecule has 0 saturated carbocycles. The zero-order chi connectivity index (χ0) is 14.7. The highest BCUT2D eigenvalue weighted by Gasteiger charge is 2.07. The largest absolute Gasteiger partial charge is 0.504 e. The number of halogens is 2. The van der Waals surface area contributed by atoms with E-state index in [2.05, 4.69) is 10.2 Å². The van der Waals surface area contributed by atoms with Crippen LogP contribution in [0.15, 0.2) is 46.6 Å². The third-order valence-corrected chi connectivity index (χ3v) is 2.90. The third-order valence-electron chi connectivity index (χ3n) is 2.40. The van der Waals surface area contributed by atoms with E-state index in [-0.39, 0.29) is 22.0 Å². The van der Waals surface area contributed by atoms with Gasteiger partial charge in [0.2, 0.25) is 0 Å². The zero-order valence-electron chi connectivity index (χ0n) is 9.92. The van der Waals surface area contributed by atoms with Gasteiger partial charge in [0, 0.05) is 5.02 Å². The standard InChI is InChI=1S/C13H8Cl2N2O3/c14-8-5-10(15)12(18)11(6-8)17-16-9-3-1-7(2-4-9)13(19)20/h1-6,18H,(H,19,20). The number of hydrogen-bond donors (Lipinski definition) is 2. The predicted molar refractivity (Wildman–Crippen MR) is 75.7 cm³/mol. The molecule has 0 aromatic heterocycles. The normalized spacial score (nSPS) is 10.9. The summed E-state index contributed by atoms with van der Waals surface area (Å²) in [6.07, 6.45) is 0. The summed E-state index contributed by atoms with van der Waals surface area (Å²) in [5.74, 6) is -1.24. The maximum Gasteiger partial charge on any atom is 0.335 e. The molecule has 0 amide bonds. The summed E-state index contributed by atoms with van der Waals surface area (Å²) in [6, 6.07) is 8.60. The molecule has 0 saturated heterocycles. The van der Waals surface area contributed by atoms with E-state index in [9.17, 15) is 9.90 Å². The van der Waals surface area contributed by atoms with Crippen molar-refractivity contribution in [2.24, 2.45) is 10.2 Å². The first-order chi connectivity index (χ1) is 9.47. The average molecular weight is 311 g/mol. The molecule has 0 aliphatic heterocycles. The predicted octanol–water partition coefficient (Wildman–Crippen LogP) is 4.81. The molecule has 20 heavy (non-hydrogen) atoms. The van der Waals surface area contributed by atoms with Crippen LogP contribution in [0, 0.1) is 0 Å². The molecule has 2 aromatic carbocycles. The number of rotatable bonds is 3. The molecule has 0 atom stereocenters. The topological polar surface area (TPSA) is 82.2 Å². The number of aromatic carboxylic acids is 1. The monoisotopic (exact) mass is 310 g/mol. The number of aromatic hydroxyl groups is 1. The van der Waals surface area contributed by atoms with E-state index in [0.717, 1.165) is 0 Å². The van der Waals surface area contributed by atoms with Crippen molar-refractivity contribution in [3.63, 3.8) is 0 Å². The molecule has 0 spiro atoms. The second kappa shape index (κ2) is 5.90. The van der Waals surface area contributed by atoms with Gasteiger partial charge in [0.25, 0.3) is 0 Å². The molecule has 2 N–H and O–H groups in total. The summed E-state index contributed by atoms with van der Waals surface area (Å²) in [6.45, 7) is 0. The molecule has 0 fully saturated rings. The van der Waals surface area contributed by atoms with Gasteiger partial charge in [-0.3, -0.25) is 0 Å². The maximum absolute atomic E-state index is 10.7. The van der Waals surface area contributed by atoms with Crippen molar-refractivity contribution in [3.05, 3.63) is 52.0 Å². The van der Waals surface area contributed by atoms with Gasteiger partial charge in [-0.25, -0.2) is 4.79 Å². The van der Waals surface area contributed by atoms with Gasteiger partial charge in [0.05, 0.1) is 16.3 Å². The second-order valence-electron chi connectivity index (χ2n) is 3.81. The molecule has 0 radical (unpaired) electrons. The lowest BCUT2D eigenvalue weighted by atomic mass is 10.2. The molecular weight excluding hydrogens is 303 g/mol. The van der Waals surface area contributed by atoms with Crippen LogP contribution in [0.2, 0.25) is 10.0 Å². The van der Waals surface area contributed by atoms with E-state index in [4.69, 9.17) is 28.3 Å². The van der Waals surface area contributed by atoms with E-state index < -0.39 is 5.97 Å². The Morgan fingerprint density at radius 3 is 2.30 bits per heavy atom. The Kier molecular flexibility index (Phi) is 4.22. The van der Waals surface area contributed by atoms with Crippen LogP contribution in [0.25, 0.3) is 0 Å². The highest BCUT2D eigenvalue weighted by Crippen LogP contribution is 2.37. The van der Waals surface area contributed by atoms with Crippen molar-refractivity contribution >= 4 is 40.5 Å². The number of carboxylic acid groups (broad SMARTS) is 1. The number of azo groups is 1. The Morgan fingerprint density at radius 2 is 1.70 bits per heavy atom. The van der Waals surface area contributed by atoms with E-state index in [1.54, 1.807) is 0 Å². The van der Waals surface area contributed by atoms with Gasteiger partial charge in [0.1, 0.15) is 5.69 Å². The van der Waals surface area contributed by atoms with Crippen LogP contribution in [0.4, 0.5) is 11.4 Å². The fourth-order valence-electron chi connectivity index (χ4n) is 1.41. The lowest BCUT2D eigenvalue weighted by molar-refractivity contribution is 0.0697. The molecule has 5 nitrogen and oxygen atoms in total. The van der Waals surface area contributed by atoms with E-state index in [0.29, 0.717) is 10.7 Å². The second-order valence-corrected chi connectivity index (χ2v) is 4.65. The van der Waals surface area contributed by atoms with Crippen molar-refractivity contribution in [1.29, 1.82) is 0 Å². The van der Waals surface area contributed by atoms with Crippen LogP contribution in [-0.4, -0.2) is 16.2 Å². The number of benzene rings is 2. The van der Waals surface area contributed by atoms with Gasteiger partial charge in [0.15, 0.2) is 5.75 Å². The fraction of sp³-hybridized carbons (Fsp3) is 0. The van der Waals surface area contributed by atoms with Crippen molar-refractivity contribution in [3.8, 4) is 5.75 Å². The van der Waals surface area contributed by atoms with E-state index in [1.807, 2.05) is 0 Å². The Morgan fingerprint density at radius 1 is 1.05 bits per heavy atom. The third kappa shape index (κ3) is 3.26. The minimum atomic E-state index is -1.02. The van der Waals surface area contributed by atoms with Gasteiger partial charge < -0.3 is 10.2 Å². The van der Waals surface area contributed by atoms with Crippen LogP contribution in [-0.2, 0) is 0 Å². The summed E-state index contributed by atoms with van der Waals surface area (Å²) in [5.41, 5.74) is 0.716. The molecular formula is C13H8Cl2N2O3. The molecule has 0 heterocycles. The Hall–Kier alpha value is -2.11. The van der Waals surface area contributed by atoms with Crippen LogP contribution >= 0.6 is 23.2 Å². The molecule has 102 valence electrons. The summed E-state index contributed by atoms with van der Waals surface area (Å²) in [7, 11) is 0. The van der Waals surface area contributed by atoms with Crippen molar-refractivity contribution in [2.45, 2.75) is 0 Å². The summed E-state index contributed by atoms with van der Waals surface area (Å²) in [5, 5.41) is 26.6.